The van der Waals surface area contributed by atoms with Gasteiger partial charge in [-0.3, -0.25) is 19.7 Å². The molecule has 24 heavy (non-hydrogen) atoms. The van der Waals surface area contributed by atoms with Crippen LogP contribution in [0.5, 0.6) is 0 Å². The van der Waals surface area contributed by atoms with Gasteiger partial charge in [0.25, 0.3) is 5.91 Å². The molecule has 0 spiro atoms. The number of nitrogens with one attached hydrogen (secondary N) is 1. The van der Waals surface area contributed by atoms with Crippen molar-refractivity contribution in [3.63, 3.8) is 0 Å². The number of carbonyl (C=O) groups excluding carboxylic acids is 3. The molecular formula is C18H19N3O3. The lowest BCUT2D eigenvalue weighted by Crippen LogP contribution is -2.49. The van der Waals surface area contributed by atoms with Gasteiger partial charge < -0.3 is 10.6 Å². The average molecular weight is 325 g/mol. The molecule has 1 fully saturated rings. The number of nitrogens with zero attached hydrogens (tertiary/aromatic N) is 1. The summed E-state index contributed by atoms with van der Waals surface area (Å²) in [7, 11) is 0. The van der Waals surface area contributed by atoms with Crippen molar-refractivity contribution in [3.05, 3.63) is 48.0 Å². The summed E-state index contributed by atoms with van der Waals surface area (Å²) in [6, 6.07) is 12.3. The fourth-order valence-corrected chi connectivity index (χ4v) is 3.05. The molecule has 1 atom stereocenters. The first-order valence-electron chi connectivity index (χ1n) is 7.93. The predicted molar refractivity (Wildman–Crippen MR) is 90.2 cm³/mol. The Morgan fingerprint density at radius 3 is 2.62 bits per heavy atom. The number of benzene rings is 2. The molecule has 0 aliphatic carbocycles. The standard InChI is InChI=1S/C18H19N3O3/c19-11-16(22)21-9-3-6-15(21)18(24)20-17(23)14-8-7-12-4-1-2-5-13(12)10-14/h1-2,4-5,7-8,10,15H,3,6,9,11,19H2,(H,20,23,24). The Balaban J connectivity index is 1.73. The van der Waals surface area contributed by atoms with Crippen molar-refractivity contribution >= 4 is 28.5 Å². The third-order valence-corrected chi connectivity index (χ3v) is 4.30. The molecule has 0 bridgehead atoms. The zero-order valence-electron chi connectivity index (χ0n) is 13.2. The molecule has 3 rings (SSSR count). The van der Waals surface area contributed by atoms with Crippen LogP contribution in [0.3, 0.4) is 0 Å². The zero-order valence-corrected chi connectivity index (χ0v) is 13.2. The third kappa shape index (κ3) is 3.14. The summed E-state index contributed by atoms with van der Waals surface area (Å²) < 4.78 is 0. The average Bonchev–Trinajstić information content (AvgIpc) is 3.10. The monoisotopic (exact) mass is 325 g/mol. The number of fused-ring (bicyclic) bond motifs is 1. The van der Waals surface area contributed by atoms with Crippen molar-refractivity contribution in [2.75, 3.05) is 13.1 Å². The highest BCUT2D eigenvalue weighted by molar-refractivity contribution is 6.08. The smallest absolute Gasteiger partial charge is 0.257 e. The fourth-order valence-electron chi connectivity index (χ4n) is 3.05. The summed E-state index contributed by atoms with van der Waals surface area (Å²) in [5, 5.41) is 4.35. The maximum absolute atomic E-state index is 12.4. The number of hydrogen-bond donors (Lipinski definition) is 2. The van der Waals surface area contributed by atoms with E-state index >= 15 is 0 Å². The van der Waals surface area contributed by atoms with E-state index in [-0.39, 0.29) is 12.5 Å². The van der Waals surface area contributed by atoms with E-state index in [2.05, 4.69) is 5.32 Å². The van der Waals surface area contributed by atoms with Crippen molar-refractivity contribution in [1.29, 1.82) is 0 Å². The molecule has 0 saturated carbocycles. The molecule has 1 heterocycles. The van der Waals surface area contributed by atoms with E-state index in [4.69, 9.17) is 5.73 Å². The van der Waals surface area contributed by atoms with Gasteiger partial charge in [0.1, 0.15) is 6.04 Å². The minimum atomic E-state index is -0.620. The van der Waals surface area contributed by atoms with Crippen LogP contribution in [0.1, 0.15) is 23.2 Å². The van der Waals surface area contributed by atoms with Gasteiger partial charge in [-0.2, -0.15) is 0 Å². The molecule has 6 heteroatoms. The Morgan fingerprint density at radius 1 is 1.12 bits per heavy atom. The van der Waals surface area contributed by atoms with E-state index in [1.54, 1.807) is 12.1 Å². The molecule has 1 aliphatic heterocycles. The van der Waals surface area contributed by atoms with Crippen LogP contribution in [-0.4, -0.2) is 41.8 Å². The van der Waals surface area contributed by atoms with E-state index in [0.29, 0.717) is 18.5 Å². The second-order valence-corrected chi connectivity index (χ2v) is 5.83. The van der Waals surface area contributed by atoms with Gasteiger partial charge in [-0.1, -0.05) is 30.3 Å². The molecule has 0 radical (unpaired) electrons. The lowest BCUT2D eigenvalue weighted by atomic mass is 10.1. The second kappa shape index (κ2) is 6.80. The van der Waals surface area contributed by atoms with Crippen molar-refractivity contribution in [1.82, 2.24) is 10.2 Å². The molecule has 1 aliphatic rings. The van der Waals surface area contributed by atoms with Gasteiger partial charge in [-0.05, 0) is 35.7 Å². The molecule has 3 N–H and O–H groups in total. The van der Waals surface area contributed by atoms with Crippen LogP contribution < -0.4 is 11.1 Å². The molecule has 0 aromatic heterocycles. The van der Waals surface area contributed by atoms with Crippen LogP contribution in [0.2, 0.25) is 0 Å². The van der Waals surface area contributed by atoms with Crippen molar-refractivity contribution in [2.45, 2.75) is 18.9 Å². The number of rotatable bonds is 3. The number of imide groups is 1. The summed E-state index contributed by atoms with van der Waals surface area (Å²) in [5.74, 6) is -1.18. The minimum absolute atomic E-state index is 0.137. The van der Waals surface area contributed by atoms with Gasteiger partial charge >= 0.3 is 0 Å². The lowest BCUT2D eigenvalue weighted by molar-refractivity contribution is -0.137. The van der Waals surface area contributed by atoms with Gasteiger partial charge in [0.15, 0.2) is 0 Å². The van der Waals surface area contributed by atoms with Crippen molar-refractivity contribution < 1.29 is 14.4 Å². The van der Waals surface area contributed by atoms with Crippen LogP contribution in [-0.2, 0) is 9.59 Å². The normalized spacial score (nSPS) is 17.0. The highest BCUT2D eigenvalue weighted by Gasteiger charge is 2.34. The Kier molecular flexibility index (Phi) is 4.57. The van der Waals surface area contributed by atoms with E-state index in [1.807, 2.05) is 30.3 Å². The highest BCUT2D eigenvalue weighted by atomic mass is 16.2. The molecule has 3 amide bonds. The van der Waals surface area contributed by atoms with Crippen LogP contribution in [0.4, 0.5) is 0 Å². The van der Waals surface area contributed by atoms with Gasteiger partial charge in [-0.15, -0.1) is 0 Å². The maximum atomic E-state index is 12.4. The van der Waals surface area contributed by atoms with Gasteiger partial charge in [-0.25, -0.2) is 0 Å². The first kappa shape index (κ1) is 16.1. The van der Waals surface area contributed by atoms with Crippen LogP contribution >= 0.6 is 0 Å². The Bertz CT molecular complexity index is 803. The molecule has 2 aromatic rings. The number of likely N-dealkylation sites (tertiary alicyclic amines) is 1. The number of carbonyl (C=O) groups is 3. The summed E-state index contributed by atoms with van der Waals surface area (Å²) >= 11 is 0. The quantitative estimate of drug-likeness (QED) is 0.825. The Labute approximate surface area is 139 Å². The molecule has 2 aromatic carbocycles. The largest absolute Gasteiger partial charge is 0.330 e. The third-order valence-electron chi connectivity index (χ3n) is 4.30. The first-order chi connectivity index (χ1) is 11.6. The molecule has 124 valence electrons. The SMILES string of the molecule is NCC(=O)N1CCCC1C(=O)NC(=O)c1ccc2ccccc2c1. The Morgan fingerprint density at radius 2 is 1.88 bits per heavy atom. The van der Waals surface area contributed by atoms with E-state index in [0.717, 1.165) is 17.2 Å². The Hall–Kier alpha value is -2.73. The molecule has 6 nitrogen and oxygen atoms in total. The fraction of sp³-hybridized carbons (Fsp3) is 0.278. The minimum Gasteiger partial charge on any atom is -0.330 e. The van der Waals surface area contributed by atoms with Gasteiger partial charge in [0, 0.05) is 12.1 Å². The number of amides is 3. The zero-order chi connectivity index (χ0) is 17.1. The summed E-state index contributed by atoms with van der Waals surface area (Å²) in [6.45, 7) is 0.362. The maximum Gasteiger partial charge on any atom is 0.257 e. The number of hydrogen-bond acceptors (Lipinski definition) is 4. The van der Waals surface area contributed by atoms with E-state index in [1.165, 1.54) is 4.90 Å². The predicted octanol–water partition coefficient (Wildman–Crippen LogP) is 1.05. The molecule has 1 unspecified atom stereocenters. The van der Waals surface area contributed by atoms with Crippen molar-refractivity contribution in [3.8, 4) is 0 Å². The van der Waals surface area contributed by atoms with Crippen LogP contribution in [0.25, 0.3) is 10.8 Å². The van der Waals surface area contributed by atoms with Gasteiger partial charge in [0.2, 0.25) is 11.8 Å². The first-order valence-corrected chi connectivity index (χ1v) is 7.93. The van der Waals surface area contributed by atoms with Crippen LogP contribution in [0.15, 0.2) is 42.5 Å². The van der Waals surface area contributed by atoms with E-state index in [9.17, 15) is 14.4 Å². The summed E-state index contributed by atoms with van der Waals surface area (Å²) in [4.78, 5) is 37.9. The lowest BCUT2D eigenvalue weighted by Gasteiger charge is -2.23. The van der Waals surface area contributed by atoms with Crippen molar-refractivity contribution in [2.24, 2.45) is 5.73 Å². The molecule has 1 saturated heterocycles. The highest BCUT2D eigenvalue weighted by Crippen LogP contribution is 2.18. The molecular weight excluding hydrogens is 306 g/mol. The number of nitrogens with two attached hydrogens (primary N) is 1. The summed E-state index contributed by atoms with van der Waals surface area (Å²) in [5.41, 5.74) is 5.78. The summed E-state index contributed by atoms with van der Waals surface area (Å²) in [6.07, 6.45) is 1.27. The van der Waals surface area contributed by atoms with E-state index < -0.39 is 17.9 Å². The van der Waals surface area contributed by atoms with Crippen LogP contribution in [0, 0.1) is 0 Å². The van der Waals surface area contributed by atoms with Gasteiger partial charge in [0.05, 0.1) is 6.54 Å². The topological polar surface area (TPSA) is 92.5 Å². The second-order valence-electron chi connectivity index (χ2n) is 5.83.